The molecule has 0 spiro atoms. The molecule has 31 heavy (non-hydrogen) atoms. The van der Waals surface area contributed by atoms with E-state index < -0.39 is 5.60 Å². The largest absolute Gasteiger partial charge is 0.497 e. The number of nitrogens with zero attached hydrogens (tertiary/aromatic N) is 1. The van der Waals surface area contributed by atoms with E-state index in [0.29, 0.717) is 6.42 Å². The number of aliphatic hydroxyl groups is 1. The number of benzene rings is 3. The molecule has 1 aliphatic rings. The molecule has 1 saturated heterocycles. The summed E-state index contributed by atoms with van der Waals surface area (Å²) < 4.78 is 5.37. The molecule has 1 N–H and O–H groups in total. The summed E-state index contributed by atoms with van der Waals surface area (Å²) in [6.07, 6.45) is 3.97. The topological polar surface area (TPSA) is 32.7 Å². The number of likely N-dealkylation sites (tertiary alicyclic amines) is 1. The predicted molar refractivity (Wildman–Crippen MR) is 127 cm³/mol. The SMILES string of the molecule is COc1ccc([C@](O)(CCc2ccccc2)[C@@H](CN2CCCC2)c2ccccc2)cc1. The van der Waals surface area contributed by atoms with Gasteiger partial charge in [0.1, 0.15) is 5.75 Å². The molecule has 3 heteroatoms. The highest BCUT2D eigenvalue weighted by molar-refractivity contribution is 5.36. The molecule has 3 aromatic carbocycles. The van der Waals surface area contributed by atoms with E-state index in [1.807, 2.05) is 36.4 Å². The monoisotopic (exact) mass is 415 g/mol. The Morgan fingerprint density at radius 2 is 1.48 bits per heavy atom. The Bertz CT molecular complexity index is 920. The summed E-state index contributed by atoms with van der Waals surface area (Å²) in [4.78, 5) is 2.51. The fraction of sp³-hybridized carbons (Fsp3) is 0.357. The number of ether oxygens (including phenoxy) is 1. The van der Waals surface area contributed by atoms with Gasteiger partial charge in [0.2, 0.25) is 0 Å². The zero-order valence-corrected chi connectivity index (χ0v) is 18.4. The van der Waals surface area contributed by atoms with Gasteiger partial charge in [-0.05, 0) is 67.6 Å². The lowest BCUT2D eigenvalue weighted by Gasteiger charge is -2.39. The molecule has 0 unspecified atom stereocenters. The average Bonchev–Trinajstić information content (AvgIpc) is 3.36. The van der Waals surface area contributed by atoms with Crippen molar-refractivity contribution in [2.24, 2.45) is 0 Å². The Morgan fingerprint density at radius 3 is 2.10 bits per heavy atom. The first-order valence-corrected chi connectivity index (χ1v) is 11.4. The zero-order valence-electron chi connectivity index (χ0n) is 18.4. The average molecular weight is 416 g/mol. The van der Waals surface area contributed by atoms with Crippen LogP contribution >= 0.6 is 0 Å². The quantitative estimate of drug-likeness (QED) is 0.508. The summed E-state index contributed by atoms with van der Waals surface area (Å²) in [7, 11) is 1.68. The molecule has 0 saturated carbocycles. The molecule has 4 rings (SSSR count). The van der Waals surface area contributed by atoms with Crippen molar-refractivity contribution in [2.75, 3.05) is 26.7 Å². The van der Waals surface area contributed by atoms with E-state index in [4.69, 9.17) is 4.74 Å². The van der Waals surface area contributed by atoms with Gasteiger partial charge in [-0.1, -0.05) is 72.8 Å². The van der Waals surface area contributed by atoms with Crippen molar-refractivity contribution in [3.05, 3.63) is 102 Å². The molecular formula is C28H33NO2. The van der Waals surface area contributed by atoms with E-state index in [9.17, 15) is 5.11 Å². The Kier molecular flexibility index (Phi) is 7.06. The van der Waals surface area contributed by atoms with Crippen LogP contribution in [0.25, 0.3) is 0 Å². The molecule has 0 aromatic heterocycles. The second kappa shape index (κ2) is 10.1. The molecule has 0 bridgehead atoms. The van der Waals surface area contributed by atoms with Gasteiger partial charge in [-0.2, -0.15) is 0 Å². The van der Waals surface area contributed by atoms with Crippen molar-refractivity contribution >= 4 is 0 Å². The summed E-state index contributed by atoms with van der Waals surface area (Å²) in [5.74, 6) is 0.800. The van der Waals surface area contributed by atoms with E-state index in [-0.39, 0.29) is 5.92 Å². The Hall–Kier alpha value is -2.62. The Balaban J connectivity index is 1.72. The van der Waals surface area contributed by atoms with Crippen LogP contribution in [0, 0.1) is 0 Å². The van der Waals surface area contributed by atoms with E-state index in [2.05, 4.69) is 53.4 Å². The van der Waals surface area contributed by atoms with Crippen molar-refractivity contribution in [3.8, 4) is 5.75 Å². The number of methoxy groups -OCH3 is 1. The van der Waals surface area contributed by atoms with E-state index in [0.717, 1.165) is 37.4 Å². The van der Waals surface area contributed by atoms with Crippen LogP contribution in [-0.4, -0.2) is 36.8 Å². The molecular weight excluding hydrogens is 382 g/mol. The minimum absolute atomic E-state index is 0.0103. The molecule has 1 aliphatic heterocycles. The summed E-state index contributed by atoms with van der Waals surface area (Å²) in [5.41, 5.74) is 2.42. The van der Waals surface area contributed by atoms with Crippen LogP contribution in [0.5, 0.6) is 5.75 Å². The summed E-state index contributed by atoms with van der Waals surface area (Å²) in [6.45, 7) is 3.09. The summed E-state index contributed by atoms with van der Waals surface area (Å²) in [6, 6.07) is 29.0. The van der Waals surface area contributed by atoms with Crippen LogP contribution < -0.4 is 4.74 Å². The number of aryl methyl sites for hydroxylation is 1. The first kappa shape index (κ1) is 21.6. The maximum Gasteiger partial charge on any atom is 0.118 e. The number of hydrogen-bond donors (Lipinski definition) is 1. The van der Waals surface area contributed by atoms with Crippen LogP contribution in [0.2, 0.25) is 0 Å². The highest BCUT2D eigenvalue weighted by atomic mass is 16.5. The normalized spacial score (nSPS) is 17.2. The maximum atomic E-state index is 12.4. The van der Waals surface area contributed by atoms with Gasteiger partial charge in [-0.15, -0.1) is 0 Å². The first-order chi connectivity index (χ1) is 15.2. The van der Waals surface area contributed by atoms with Crippen molar-refractivity contribution in [3.63, 3.8) is 0 Å². The number of hydrogen-bond acceptors (Lipinski definition) is 3. The van der Waals surface area contributed by atoms with Gasteiger partial charge < -0.3 is 14.7 Å². The van der Waals surface area contributed by atoms with Gasteiger partial charge in [-0.25, -0.2) is 0 Å². The van der Waals surface area contributed by atoms with Gasteiger partial charge in [0.15, 0.2) is 0 Å². The van der Waals surface area contributed by atoms with Gasteiger partial charge in [0, 0.05) is 12.5 Å². The molecule has 1 fully saturated rings. The van der Waals surface area contributed by atoms with Crippen molar-refractivity contribution in [1.82, 2.24) is 4.90 Å². The lowest BCUT2D eigenvalue weighted by atomic mass is 9.73. The summed E-state index contributed by atoms with van der Waals surface area (Å²) in [5, 5.41) is 12.4. The summed E-state index contributed by atoms with van der Waals surface area (Å²) >= 11 is 0. The smallest absolute Gasteiger partial charge is 0.118 e. The highest BCUT2D eigenvalue weighted by Crippen LogP contribution is 2.42. The standard InChI is InChI=1S/C28H33NO2/c1-31-26-16-14-25(15-17-26)28(30,19-18-23-10-4-2-5-11-23)27(22-29-20-8-9-21-29)24-12-6-3-7-13-24/h2-7,10-17,27,30H,8-9,18-22H2,1H3/t27-,28+/m0/s1. The minimum atomic E-state index is -0.980. The molecule has 0 aliphatic carbocycles. The van der Waals surface area contributed by atoms with Crippen LogP contribution in [-0.2, 0) is 12.0 Å². The van der Waals surface area contributed by atoms with Gasteiger partial charge in [0.05, 0.1) is 12.7 Å². The van der Waals surface area contributed by atoms with Crippen LogP contribution in [0.3, 0.4) is 0 Å². The van der Waals surface area contributed by atoms with E-state index in [1.54, 1.807) is 7.11 Å². The minimum Gasteiger partial charge on any atom is -0.497 e. The lowest BCUT2D eigenvalue weighted by Crippen LogP contribution is -2.41. The van der Waals surface area contributed by atoms with Gasteiger partial charge in [0.25, 0.3) is 0 Å². The molecule has 3 aromatic rings. The molecule has 2 atom stereocenters. The van der Waals surface area contributed by atoms with E-state index in [1.165, 1.54) is 24.0 Å². The molecule has 0 radical (unpaired) electrons. The highest BCUT2D eigenvalue weighted by Gasteiger charge is 2.40. The predicted octanol–water partition coefficient (Wildman–Crippen LogP) is 5.40. The fourth-order valence-corrected chi connectivity index (χ4v) is 4.82. The van der Waals surface area contributed by atoms with Crippen molar-refractivity contribution in [2.45, 2.75) is 37.2 Å². The fourth-order valence-electron chi connectivity index (χ4n) is 4.82. The Morgan fingerprint density at radius 1 is 0.871 bits per heavy atom. The second-order valence-corrected chi connectivity index (χ2v) is 8.61. The van der Waals surface area contributed by atoms with Crippen LogP contribution in [0.1, 0.15) is 41.9 Å². The third kappa shape index (κ3) is 5.17. The van der Waals surface area contributed by atoms with Gasteiger partial charge >= 0.3 is 0 Å². The maximum absolute atomic E-state index is 12.4. The Labute approximate surface area is 186 Å². The van der Waals surface area contributed by atoms with Crippen LogP contribution in [0.4, 0.5) is 0 Å². The molecule has 1 heterocycles. The van der Waals surface area contributed by atoms with Gasteiger partial charge in [-0.3, -0.25) is 0 Å². The third-order valence-corrected chi connectivity index (χ3v) is 6.65. The zero-order chi connectivity index (χ0) is 21.5. The molecule has 3 nitrogen and oxygen atoms in total. The van der Waals surface area contributed by atoms with Crippen molar-refractivity contribution in [1.29, 1.82) is 0 Å². The lowest BCUT2D eigenvalue weighted by molar-refractivity contribution is -0.0109. The molecule has 162 valence electrons. The van der Waals surface area contributed by atoms with E-state index >= 15 is 0 Å². The van der Waals surface area contributed by atoms with Crippen molar-refractivity contribution < 1.29 is 9.84 Å². The first-order valence-electron chi connectivity index (χ1n) is 11.4. The third-order valence-electron chi connectivity index (χ3n) is 6.65. The van der Waals surface area contributed by atoms with Crippen LogP contribution in [0.15, 0.2) is 84.9 Å². The second-order valence-electron chi connectivity index (χ2n) is 8.61. The number of rotatable bonds is 9. The molecule has 0 amide bonds.